The molecule has 0 saturated carbocycles. The van der Waals surface area contributed by atoms with Gasteiger partial charge in [0.15, 0.2) is 0 Å². The Kier molecular flexibility index (Phi) is 17.5. The maximum absolute atomic E-state index is 12.9. The molecule has 0 bridgehead atoms. The van der Waals surface area contributed by atoms with Gasteiger partial charge in [-0.25, -0.2) is 15.0 Å². The number of carbonyl (C=O) groups is 2. The number of ether oxygens (including phenoxy) is 3. The third-order valence-electron chi connectivity index (χ3n) is 13.9. The zero-order chi connectivity index (χ0) is 49.7. The van der Waals surface area contributed by atoms with Crippen molar-refractivity contribution < 1.29 is 33.4 Å². The first-order chi connectivity index (χ1) is 35.2. The van der Waals surface area contributed by atoms with E-state index in [0.29, 0.717) is 45.3 Å². The van der Waals surface area contributed by atoms with Crippen LogP contribution in [0.25, 0.3) is 22.2 Å². The van der Waals surface area contributed by atoms with Crippen molar-refractivity contribution in [3.63, 3.8) is 0 Å². The van der Waals surface area contributed by atoms with Gasteiger partial charge in [-0.15, -0.1) is 0 Å². The molecule has 2 amide bonds. The van der Waals surface area contributed by atoms with Gasteiger partial charge in [-0.3, -0.25) is 24.3 Å². The molecular formula is C54H69N11O7. The molecule has 3 aliphatic heterocycles. The Bertz CT molecular complexity index is 2690. The highest BCUT2D eigenvalue weighted by atomic mass is 16.5. The SMILES string of the molecule is Cc1noc(C)c1-c1ccc2c(c1)nc(CCc1ccc(OCCOCCNC(=O)CN3CCC(Nc4cc(C(=O)NC[C@H](O)CN5CCc6ccccc6C5)ncn4)CC3)cc1)n2CCN1CCOCC1. The number of aromatic nitrogens is 5. The van der Waals surface area contributed by atoms with E-state index in [4.69, 9.17) is 23.7 Å². The van der Waals surface area contributed by atoms with E-state index in [0.717, 1.165) is 143 Å². The number of imidazole rings is 1. The lowest BCUT2D eigenvalue weighted by Gasteiger charge is -2.32. The molecule has 72 heavy (non-hydrogen) atoms. The lowest BCUT2D eigenvalue weighted by atomic mass is 10.00. The molecular weight excluding hydrogens is 915 g/mol. The third-order valence-corrected chi connectivity index (χ3v) is 13.9. The molecule has 0 spiro atoms. The van der Waals surface area contributed by atoms with Crippen molar-refractivity contribution in [3.8, 4) is 16.9 Å². The van der Waals surface area contributed by atoms with Crippen LogP contribution in [0.1, 0.15) is 57.3 Å². The molecule has 0 unspecified atom stereocenters. The lowest BCUT2D eigenvalue weighted by Crippen LogP contribution is -2.44. The summed E-state index contributed by atoms with van der Waals surface area (Å²) >= 11 is 0. The molecule has 3 aromatic carbocycles. The van der Waals surface area contributed by atoms with Gasteiger partial charge < -0.3 is 44.4 Å². The van der Waals surface area contributed by atoms with Crippen LogP contribution in [0.5, 0.6) is 5.75 Å². The predicted octanol–water partition coefficient (Wildman–Crippen LogP) is 4.45. The summed E-state index contributed by atoms with van der Waals surface area (Å²) in [6, 6.07) is 24.9. The van der Waals surface area contributed by atoms with Crippen LogP contribution >= 0.6 is 0 Å². The van der Waals surface area contributed by atoms with Gasteiger partial charge in [0.05, 0.1) is 55.8 Å². The fraction of sp³-hybridized carbons (Fsp3) is 0.481. The first-order valence-corrected chi connectivity index (χ1v) is 25.6. The first-order valence-electron chi connectivity index (χ1n) is 25.6. The highest BCUT2D eigenvalue weighted by Crippen LogP contribution is 2.30. The molecule has 0 aliphatic carbocycles. The zero-order valence-corrected chi connectivity index (χ0v) is 41.7. The Hall–Kier alpha value is -6.28. The minimum absolute atomic E-state index is 0.0353. The number of morpholine rings is 1. The lowest BCUT2D eigenvalue weighted by molar-refractivity contribution is -0.122. The molecule has 18 nitrogen and oxygen atoms in total. The summed E-state index contributed by atoms with van der Waals surface area (Å²) in [4.78, 5) is 46.2. The molecule has 6 heterocycles. The maximum Gasteiger partial charge on any atom is 0.270 e. The first kappa shape index (κ1) is 50.7. The molecule has 2 fully saturated rings. The fourth-order valence-corrected chi connectivity index (χ4v) is 9.97. The number of hydrogen-bond acceptors (Lipinski definition) is 15. The highest BCUT2D eigenvalue weighted by molar-refractivity contribution is 5.92. The fourth-order valence-electron chi connectivity index (χ4n) is 9.97. The van der Waals surface area contributed by atoms with Gasteiger partial charge >= 0.3 is 0 Å². The number of amides is 2. The number of rotatable bonds is 23. The van der Waals surface area contributed by atoms with Gasteiger partial charge in [-0.05, 0) is 86.1 Å². The van der Waals surface area contributed by atoms with Crippen LogP contribution in [-0.4, -0.2) is 167 Å². The van der Waals surface area contributed by atoms with E-state index < -0.39 is 6.10 Å². The molecule has 6 aromatic rings. The van der Waals surface area contributed by atoms with Crippen LogP contribution in [-0.2, 0) is 46.6 Å². The van der Waals surface area contributed by atoms with E-state index >= 15 is 0 Å². The van der Waals surface area contributed by atoms with Crippen LogP contribution in [0.2, 0.25) is 0 Å². The predicted molar refractivity (Wildman–Crippen MR) is 274 cm³/mol. The number of hydrogen-bond donors (Lipinski definition) is 4. The van der Waals surface area contributed by atoms with E-state index in [2.05, 4.69) is 98.9 Å². The maximum atomic E-state index is 12.9. The number of likely N-dealkylation sites (tertiary alicyclic amines) is 1. The van der Waals surface area contributed by atoms with Crippen molar-refractivity contribution in [2.24, 2.45) is 0 Å². The molecule has 3 aromatic heterocycles. The second kappa shape index (κ2) is 24.9. The number of carbonyl (C=O) groups excluding carboxylic acids is 2. The van der Waals surface area contributed by atoms with Crippen LogP contribution in [0.15, 0.2) is 83.6 Å². The topological polar surface area (TPSA) is 198 Å². The average molecular weight is 984 g/mol. The van der Waals surface area contributed by atoms with Gasteiger partial charge in [-0.2, -0.15) is 0 Å². The van der Waals surface area contributed by atoms with E-state index in [1.54, 1.807) is 6.07 Å². The minimum atomic E-state index is -0.696. The number of β-amino-alcohol motifs (C(OH)–C–C–N with tert-alkyl or cyclic N) is 1. The second-order valence-corrected chi connectivity index (χ2v) is 19.1. The van der Waals surface area contributed by atoms with Crippen molar-refractivity contribution in [1.29, 1.82) is 0 Å². The van der Waals surface area contributed by atoms with E-state index in [-0.39, 0.29) is 30.1 Å². The van der Waals surface area contributed by atoms with Crippen molar-refractivity contribution in [1.82, 2.24) is 50.0 Å². The van der Waals surface area contributed by atoms with Crippen molar-refractivity contribution >= 4 is 28.7 Å². The number of nitrogens with one attached hydrogen (secondary N) is 3. The standard InChI is InChI=1S/C54H69N11O7/c1-38-53(39(2)72-61-38)42-10-13-49-47(31-42)60-51(65(49)23-22-62-24-27-70-28-25-62)14-9-40-7-11-46(12-8-40)71-30-29-69-26-18-55-52(67)36-63-20-16-44(17-21-63)59-50-32-48(57-37-58-50)54(68)56-33-45(66)35-64-19-15-41-5-3-4-6-43(41)34-64/h3-8,10-13,31-32,37,44-45,66H,9,14-30,33-36H2,1-2H3,(H,55,67)(H,56,68)(H,57,58,59)/t45-/m0/s1. The monoisotopic (exact) mass is 984 g/mol. The number of aliphatic hydroxyl groups excluding tert-OH is 1. The molecule has 0 radical (unpaired) electrons. The van der Waals surface area contributed by atoms with Gasteiger partial charge in [-0.1, -0.05) is 47.6 Å². The van der Waals surface area contributed by atoms with Crippen LogP contribution < -0.4 is 20.7 Å². The summed E-state index contributed by atoms with van der Waals surface area (Å²) in [7, 11) is 0. The average Bonchev–Trinajstić information content (AvgIpc) is 3.93. The molecule has 382 valence electrons. The largest absolute Gasteiger partial charge is 0.491 e. The quantitative estimate of drug-likeness (QED) is 0.0657. The number of benzene rings is 3. The van der Waals surface area contributed by atoms with Crippen LogP contribution in [0.3, 0.4) is 0 Å². The number of anilines is 1. The summed E-state index contributed by atoms with van der Waals surface area (Å²) in [5, 5.41) is 24.1. The van der Waals surface area contributed by atoms with Gasteiger partial charge in [0.1, 0.15) is 41.8 Å². The van der Waals surface area contributed by atoms with E-state index in [9.17, 15) is 14.7 Å². The molecule has 18 heteroatoms. The Labute approximate surface area is 421 Å². The summed E-state index contributed by atoms with van der Waals surface area (Å²) in [5.74, 6) is 2.85. The van der Waals surface area contributed by atoms with Gasteiger partial charge in [0, 0.05) is 96.1 Å². The van der Waals surface area contributed by atoms with Gasteiger partial charge in [0.2, 0.25) is 5.91 Å². The number of fused-ring (bicyclic) bond motifs is 2. The Morgan fingerprint density at radius 1 is 0.847 bits per heavy atom. The van der Waals surface area contributed by atoms with E-state index in [1.807, 2.05) is 32.0 Å². The molecule has 4 N–H and O–H groups in total. The molecule has 2 saturated heterocycles. The Morgan fingerprint density at radius 3 is 2.47 bits per heavy atom. The number of aliphatic hydroxyl groups is 1. The van der Waals surface area contributed by atoms with Crippen LogP contribution in [0, 0.1) is 13.8 Å². The molecule has 1 atom stereocenters. The smallest absolute Gasteiger partial charge is 0.270 e. The minimum Gasteiger partial charge on any atom is -0.491 e. The highest BCUT2D eigenvalue weighted by Gasteiger charge is 2.23. The Morgan fingerprint density at radius 2 is 1.67 bits per heavy atom. The molecule has 3 aliphatic rings. The van der Waals surface area contributed by atoms with Crippen LogP contribution in [0.4, 0.5) is 5.82 Å². The summed E-state index contributed by atoms with van der Waals surface area (Å²) in [6.07, 6.45) is 4.94. The van der Waals surface area contributed by atoms with E-state index in [1.165, 1.54) is 23.0 Å². The summed E-state index contributed by atoms with van der Waals surface area (Å²) < 4.78 is 25.2. The number of piperidine rings is 1. The van der Waals surface area contributed by atoms with Crippen molar-refractivity contribution in [3.05, 3.63) is 119 Å². The summed E-state index contributed by atoms with van der Waals surface area (Å²) in [5.41, 5.74) is 9.18. The second-order valence-electron chi connectivity index (χ2n) is 19.1. The molecule has 9 rings (SSSR count). The van der Waals surface area contributed by atoms with Crippen molar-refractivity contribution in [2.75, 3.05) is 104 Å². The summed E-state index contributed by atoms with van der Waals surface area (Å²) in [6.45, 7) is 14.9. The van der Waals surface area contributed by atoms with Crippen molar-refractivity contribution in [2.45, 2.75) is 71.2 Å². The number of nitrogens with zero attached hydrogens (tertiary/aromatic N) is 8. The third kappa shape index (κ3) is 13.8. The number of aryl methyl sites for hydroxylation is 4. The Balaban J connectivity index is 0.633. The zero-order valence-electron chi connectivity index (χ0n) is 41.7. The normalized spacial score (nSPS) is 16.4. The van der Waals surface area contributed by atoms with Gasteiger partial charge in [0.25, 0.3) is 5.91 Å².